The van der Waals surface area contributed by atoms with Gasteiger partial charge in [-0.05, 0) is 61.9 Å². The highest BCUT2D eigenvalue weighted by atomic mass is 16.3. The number of aryl methyl sites for hydroxylation is 2. The second-order valence-corrected chi connectivity index (χ2v) is 6.36. The maximum Gasteiger partial charge on any atom is 0.270 e. The van der Waals surface area contributed by atoms with E-state index in [0.717, 1.165) is 37.9 Å². The minimum absolute atomic E-state index is 0.146. The average Bonchev–Trinajstić information content (AvgIpc) is 3.00. The molecule has 23 heavy (non-hydrogen) atoms. The number of likely N-dealkylation sites (tertiary alicyclic amines) is 1. The number of aromatic nitrogens is 1. The fourth-order valence-electron chi connectivity index (χ4n) is 3.39. The van der Waals surface area contributed by atoms with E-state index >= 15 is 0 Å². The van der Waals surface area contributed by atoms with E-state index in [1.807, 2.05) is 42.1 Å². The number of nitrogens with zero attached hydrogens (tertiary/aromatic N) is 2. The fourth-order valence-corrected chi connectivity index (χ4v) is 3.39. The first-order chi connectivity index (χ1) is 11.1. The molecule has 0 bridgehead atoms. The van der Waals surface area contributed by atoms with Crippen molar-refractivity contribution >= 4 is 5.91 Å². The Bertz CT molecular complexity index is 660. The second kappa shape index (κ2) is 6.90. The van der Waals surface area contributed by atoms with Crippen molar-refractivity contribution in [3.63, 3.8) is 0 Å². The summed E-state index contributed by atoms with van der Waals surface area (Å²) in [4.78, 5) is 14.9. The summed E-state index contributed by atoms with van der Waals surface area (Å²) in [7, 11) is 1.92. The zero-order valence-electron chi connectivity index (χ0n) is 13.6. The lowest BCUT2D eigenvalue weighted by molar-refractivity contribution is 0.0592. The highest BCUT2D eigenvalue weighted by Gasteiger charge is 2.28. The van der Waals surface area contributed by atoms with Gasteiger partial charge in [0.2, 0.25) is 0 Å². The molecule has 1 aliphatic heterocycles. The molecule has 0 saturated carbocycles. The first-order valence-electron chi connectivity index (χ1n) is 8.35. The molecule has 0 radical (unpaired) electrons. The maximum atomic E-state index is 12.8. The third kappa shape index (κ3) is 3.58. The molecular formula is C19H24N2O2. The molecule has 122 valence electrons. The number of rotatable bonds is 4. The molecule has 1 saturated heterocycles. The Morgan fingerprint density at radius 1 is 1.22 bits per heavy atom. The van der Waals surface area contributed by atoms with Gasteiger partial charge in [0, 0.05) is 25.8 Å². The molecule has 0 aliphatic carbocycles. The zero-order valence-corrected chi connectivity index (χ0v) is 13.6. The Labute approximate surface area is 137 Å². The first kappa shape index (κ1) is 15.7. The van der Waals surface area contributed by atoms with Crippen LogP contribution in [0.5, 0.6) is 5.75 Å². The number of hydrogen-bond acceptors (Lipinski definition) is 2. The van der Waals surface area contributed by atoms with E-state index in [2.05, 4.69) is 4.90 Å². The topological polar surface area (TPSA) is 45.5 Å². The molecule has 1 aliphatic rings. The lowest BCUT2D eigenvalue weighted by Crippen LogP contribution is -2.44. The van der Waals surface area contributed by atoms with Gasteiger partial charge in [-0.2, -0.15) is 0 Å². The summed E-state index contributed by atoms with van der Waals surface area (Å²) in [6.45, 7) is 0.851. The fraction of sp³-hybridized carbons (Fsp3) is 0.421. The van der Waals surface area contributed by atoms with Gasteiger partial charge in [-0.25, -0.2) is 0 Å². The van der Waals surface area contributed by atoms with Crippen molar-refractivity contribution < 1.29 is 9.90 Å². The molecule has 1 unspecified atom stereocenters. The van der Waals surface area contributed by atoms with Gasteiger partial charge in [0.1, 0.15) is 11.4 Å². The normalized spacial score (nSPS) is 18.1. The van der Waals surface area contributed by atoms with Crippen molar-refractivity contribution in [3.05, 3.63) is 53.9 Å². The van der Waals surface area contributed by atoms with E-state index < -0.39 is 0 Å². The minimum Gasteiger partial charge on any atom is -0.508 e. The lowest BCUT2D eigenvalue weighted by Gasteiger charge is -2.36. The molecule has 1 aromatic carbocycles. The summed E-state index contributed by atoms with van der Waals surface area (Å²) in [6, 6.07) is 11.5. The van der Waals surface area contributed by atoms with E-state index in [9.17, 15) is 9.90 Å². The standard InChI is InChI=1S/C19H24N2O2/c1-20-13-4-6-18(20)19(23)21-14-3-2-5-16(21)10-7-15-8-11-17(22)12-9-15/h4,6,8-9,11-13,16,22H,2-3,5,7,10,14H2,1H3. The van der Waals surface area contributed by atoms with Crippen LogP contribution in [0, 0.1) is 0 Å². The van der Waals surface area contributed by atoms with Gasteiger partial charge < -0.3 is 14.6 Å². The van der Waals surface area contributed by atoms with Gasteiger partial charge in [-0.3, -0.25) is 4.79 Å². The number of piperidine rings is 1. The molecule has 1 atom stereocenters. The molecule has 1 aromatic heterocycles. The van der Waals surface area contributed by atoms with Crippen molar-refractivity contribution in [1.82, 2.24) is 9.47 Å². The number of hydrogen-bond donors (Lipinski definition) is 1. The summed E-state index contributed by atoms with van der Waals surface area (Å²) in [5.41, 5.74) is 1.97. The van der Waals surface area contributed by atoms with Crippen LogP contribution >= 0.6 is 0 Å². The smallest absolute Gasteiger partial charge is 0.270 e. The van der Waals surface area contributed by atoms with Gasteiger partial charge in [-0.15, -0.1) is 0 Å². The highest BCUT2D eigenvalue weighted by Crippen LogP contribution is 2.24. The van der Waals surface area contributed by atoms with Crippen LogP contribution < -0.4 is 0 Å². The van der Waals surface area contributed by atoms with Crippen LogP contribution in [0.2, 0.25) is 0 Å². The Balaban J connectivity index is 1.67. The Hall–Kier alpha value is -2.23. The number of aromatic hydroxyl groups is 1. The van der Waals surface area contributed by atoms with E-state index in [-0.39, 0.29) is 5.91 Å². The van der Waals surface area contributed by atoms with Crippen LogP contribution in [0.1, 0.15) is 41.7 Å². The third-order valence-electron chi connectivity index (χ3n) is 4.75. The molecular weight excluding hydrogens is 288 g/mol. The van der Waals surface area contributed by atoms with E-state index in [1.165, 1.54) is 12.0 Å². The third-order valence-corrected chi connectivity index (χ3v) is 4.75. The summed E-state index contributed by atoms with van der Waals surface area (Å²) in [5, 5.41) is 9.36. The van der Waals surface area contributed by atoms with Crippen LogP contribution in [0.25, 0.3) is 0 Å². The van der Waals surface area contributed by atoms with Crippen LogP contribution in [0.15, 0.2) is 42.6 Å². The summed E-state index contributed by atoms with van der Waals surface area (Å²) < 4.78 is 1.90. The van der Waals surface area contributed by atoms with Crippen molar-refractivity contribution in [3.8, 4) is 5.75 Å². The van der Waals surface area contributed by atoms with Crippen molar-refractivity contribution in [2.75, 3.05) is 6.54 Å². The Kier molecular flexibility index (Phi) is 4.70. The van der Waals surface area contributed by atoms with Crippen LogP contribution in [-0.4, -0.2) is 33.1 Å². The molecule has 1 amide bonds. The lowest BCUT2D eigenvalue weighted by atomic mass is 9.95. The van der Waals surface area contributed by atoms with Gasteiger partial charge >= 0.3 is 0 Å². The number of phenols is 1. The minimum atomic E-state index is 0.146. The van der Waals surface area contributed by atoms with Crippen molar-refractivity contribution in [2.45, 2.75) is 38.1 Å². The molecule has 4 heteroatoms. The monoisotopic (exact) mass is 312 g/mol. The average molecular weight is 312 g/mol. The van der Waals surface area contributed by atoms with Crippen molar-refractivity contribution in [2.24, 2.45) is 7.05 Å². The summed E-state index contributed by atoms with van der Waals surface area (Å²) in [5.74, 6) is 0.444. The largest absolute Gasteiger partial charge is 0.508 e. The number of carbonyl (C=O) groups excluding carboxylic acids is 1. The predicted molar refractivity (Wildman–Crippen MR) is 90.5 cm³/mol. The number of amides is 1. The van der Waals surface area contributed by atoms with Crippen LogP contribution in [0.3, 0.4) is 0 Å². The van der Waals surface area contributed by atoms with E-state index in [4.69, 9.17) is 0 Å². The summed E-state index contributed by atoms with van der Waals surface area (Å²) in [6.07, 6.45) is 7.18. The molecule has 1 N–H and O–H groups in total. The zero-order chi connectivity index (χ0) is 16.2. The molecule has 2 heterocycles. The van der Waals surface area contributed by atoms with E-state index in [0.29, 0.717) is 11.8 Å². The first-order valence-corrected chi connectivity index (χ1v) is 8.35. The van der Waals surface area contributed by atoms with Crippen molar-refractivity contribution in [1.29, 1.82) is 0 Å². The van der Waals surface area contributed by atoms with Gasteiger partial charge in [0.05, 0.1) is 0 Å². The molecule has 4 nitrogen and oxygen atoms in total. The molecule has 3 rings (SSSR count). The number of benzene rings is 1. The number of carbonyl (C=O) groups is 1. The van der Waals surface area contributed by atoms with Gasteiger partial charge in [-0.1, -0.05) is 12.1 Å². The van der Waals surface area contributed by atoms with E-state index in [1.54, 1.807) is 12.1 Å². The molecule has 0 spiro atoms. The highest BCUT2D eigenvalue weighted by molar-refractivity contribution is 5.93. The summed E-state index contributed by atoms with van der Waals surface area (Å²) >= 11 is 0. The van der Waals surface area contributed by atoms with Gasteiger partial charge in [0.15, 0.2) is 0 Å². The Morgan fingerprint density at radius 3 is 2.70 bits per heavy atom. The van der Waals surface area contributed by atoms with Crippen LogP contribution in [-0.2, 0) is 13.5 Å². The second-order valence-electron chi connectivity index (χ2n) is 6.36. The Morgan fingerprint density at radius 2 is 2.00 bits per heavy atom. The van der Waals surface area contributed by atoms with Gasteiger partial charge in [0.25, 0.3) is 5.91 Å². The SMILES string of the molecule is Cn1cccc1C(=O)N1CCCCC1CCc1ccc(O)cc1. The maximum absolute atomic E-state index is 12.8. The van der Waals surface area contributed by atoms with Crippen LogP contribution in [0.4, 0.5) is 0 Å². The molecule has 1 fully saturated rings. The predicted octanol–water partition coefficient (Wildman–Crippen LogP) is 3.36. The quantitative estimate of drug-likeness (QED) is 0.941. The number of phenolic OH excluding ortho intramolecular Hbond substituents is 1. The molecule has 2 aromatic rings.